The van der Waals surface area contributed by atoms with Crippen LogP contribution in [0.5, 0.6) is 0 Å². The van der Waals surface area contributed by atoms with Gasteiger partial charge in [0.05, 0.1) is 43.4 Å². The minimum Gasteiger partial charge on any atom is -0.378 e. The van der Waals surface area contributed by atoms with Crippen LogP contribution in [0.25, 0.3) is 16.6 Å². The molecule has 0 N–H and O–H groups in total. The third-order valence-electron chi connectivity index (χ3n) is 5.73. The number of fused-ring (bicyclic) bond motifs is 1. The number of halogens is 2. The number of hydrogen-bond donors (Lipinski definition) is 0. The van der Waals surface area contributed by atoms with Crippen LogP contribution in [0.15, 0.2) is 30.7 Å². The Morgan fingerprint density at radius 2 is 2.07 bits per heavy atom. The first-order valence-electron chi connectivity index (χ1n) is 9.22. The summed E-state index contributed by atoms with van der Waals surface area (Å²) in [5.41, 5.74) is 2.66. The van der Waals surface area contributed by atoms with Gasteiger partial charge in [-0.15, -0.1) is 0 Å². The van der Waals surface area contributed by atoms with E-state index in [4.69, 9.17) is 16.3 Å². The van der Waals surface area contributed by atoms with E-state index in [2.05, 4.69) is 15.1 Å². The normalized spacial score (nSPS) is 24.4. The summed E-state index contributed by atoms with van der Waals surface area (Å²) in [7, 11) is 1.87. The molecule has 0 unspecified atom stereocenters. The summed E-state index contributed by atoms with van der Waals surface area (Å²) in [6.45, 7) is 2.74. The predicted octanol–water partition coefficient (Wildman–Crippen LogP) is 2.94. The lowest BCUT2D eigenvalue weighted by Crippen LogP contribution is -2.54. The molecule has 0 bridgehead atoms. The van der Waals surface area contributed by atoms with Gasteiger partial charge in [0.15, 0.2) is 0 Å². The molecular weight excluding hydrogens is 369 g/mol. The smallest absolute Gasteiger partial charge is 0.120 e. The van der Waals surface area contributed by atoms with Gasteiger partial charge >= 0.3 is 0 Å². The van der Waals surface area contributed by atoms with Crippen LogP contribution in [0, 0.1) is 0 Å². The van der Waals surface area contributed by atoms with E-state index in [-0.39, 0.29) is 5.92 Å². The Morgan fingerprint density at radius 1 is 1.22 bits per heavy atom. The first kappa shape index (κ1) is 17.2. The van der Waals surface area contributed by atoms with E-state index in [0.717, 1.165) is 35.1 Å². The number of hydrogen-bond acceptors (Lipinski definition) is 4. The molecule has 2 aromatic heterocycles. The van der Waals surface area contributed by atoms with Crippen molar-refractivity contribution in [2.24, 2.45) is 7.05 Å². The molecule has 3 aromatic rings. The van der Waals surface area contributed by atoms with E-state index >= 15 is 4.39 Å². The van der Waals surface area contributed by atoms with Crippen molar-refractivity contribution in [3.05, 3.63) is 41.3 Å². The molecule has 2 fully saturated rings. The number of benzene rings is 1. The highest BCUT2D eigenvalue weighted by atomic mass is 35.5. The van der Waals surface area contributed by atoms with Crippen molar-refractivity contribution in [2.45, 2.75) is 24.6 Å². The van der Waals surface area contributed by atoms with Crippen molar-refractivity contribution in [3.8, 4) is 5.69 Å². The average molecular weight is 390 g/mol. The van der Waals surface area contributed by atoms with Crippen molar-refractivity contribution in [2.75, 3.05) is 26.3 Å². The highest BCUT2D eigenvalue weighted by Crippen LogP contribution is 2.38. The topological polar surface area (TPSA) is 48.1 Å². The van der Waals surface area contributed by atoms with Gasteiger partial charge in [0, 0.05) is 29.9 Å². The molecule has 2 saturated heterocycles. The van der Waals surface area contributed by atoms with Gasteiger partial charge in [-0.2, -0.15) is 10.2 Å². The average Bonchev–Trinajstić information content (AvgIpc) is 3.18. The quantitative estimate of drug-likeness (QED) is 0.691. The fourth-order valence-corrected chi connectivity index (χ4v) is 4.43. The second kappa shape index (κ2) is 6.58. The zero-order chi connectivity index (χ0) is 18.5. The molecule has 6 nitrogen and oxygen atoms in total. The monoisotopic (exact) mass is 389 g/mol. The van der Waals surface area contributed by atoms with E-state index in [1.54, 1.807) is 17.1 Å². The summed E-state index contributed by atoms with van der Waals surface area (Å²) in [6.07, 6.45) is 5.26. The molecule has 0 aliphatic carbocycles. The first-order chi connectivity index (χ1) is 13.1. The van der Waals surface area contributed by atoms with Crippen LogP contribution in [0.2, 0.25) is 5.02 Å². The van der Waals surface area contributed by atoms with Crippen LogP contribution in [0.1, 0.15) is 17.9 Å². The van der Waals surface area contributed by atoms with Gasteiger partial charge < -0.3 is 4.74 Å². The number of nitrogens with zero attached hydrogens (tertiary/aromatic N) is 5. The third kappa shape index (κ3) is 2.94. The Morgan fingerprint density at radius 3 is 2.74 bits per heavy atom. The Balaban J connectivity index is 1.48. The second-order valence-electron chi connectivity index (χ2n) is 7.46. The molecule has 1 aromatic carbocycles. The van der Waals surface area contributed by atoms with E-state index < -0.39 is 6.17 Å². The minimum atomic E-state index is -0.941. The van der Waals surface area contributed by atoms with Crippen molar-refractivity contribution in [1.29, 1.82) is 0 Å². The number of ether oxygens (including phenoxy) is 1. The van der Waals surface area contributed by atoms with Crippen LogP contribution in [-0.2, 0) is 11.8 Å². The predicted molar refractivity (Wildman–Crippen MR) is 101 cm³/mol. The highest BCUT2D eigenvalue weighted by Gasteiger charge is 2.36. The summed E-state index contributed by atoms with van der Waals surface area (Å²) in [6, 6.07) is 4.26. The van der Waals surface area contributed by atoms with Gasteiger partial charge in [-0.05, 0) is 30.7 Å². The molecular formula is C19H21ClFN5O. The van der Waals surface area contributed by atoms with Crippen LogP contribution in [0.3, 0.4) is 0 Å². The number of aromatic nitrogens is 4. The Kier molecular flexibility index (Phi) is 4.18. The van der Waals surface area contributed by atoms with Crippen LogP contribution >= 0.6 is 11.6 Å². The van der Waals surface area contributed by atoms with Crippen molar-refractivity contribution >= 4 is 22.5 Å². The van der Waals surface area contributed by atoms with Gasteiger partial charge in [0.2, 0.25) is 0 Å². The molecule has 2 aliphatic rings. The van der Waals surface area contributed by atoms with E-state index in [9.17, 15) is 0 Å². The van der Waals surface area contributed by atoms with Gasteiger partial charge in [-0.25, -0.2) is 9.07 Å². The summed E-state index contributed by atoms with van der Waals surface area (Å²) in [4.78, 5) is 2.21. The maximum atomic E-state index is 15.1. The van der Waals surface area contributed by atoms with E-state index in [1.165, 1.54) is 0 Å². The lowest BCUT2D eigenvalue weighted by Gasteiger charge is -2.43. The number of piperidine rings is 1. The molecule has 142 valence electrons. The third-order valence-corrected chi connectivity index (χ3v) is 6.06. The Labute approximate surface area is 161 Å². The lowest BCUT2D eigenvalue weighted by atomic mass is 9.86. The number of alkyl halides is 1. The summed E-state index contributed by atoms with van der Waals surface area (Å²) < 4.78 is 23.9. The van der Waals surface area contributed by atoms with Crippen molar-refractivity contribution < 1.29 is 9.13 Å². The molecule has 0 spiro atoms. The molecule has 4 heterocycles. The standard InChI is InChI=1S/C19H21ClFN5O/c1-24-8-13(7-22-24)26-19-5-16(17(20)4-12(19)6-23-26)15-2-3-25(9-18(15)21)14-10-27-11-14/h4-8,14-15,18H,2-3,9-11H2,1H3/t15-,18-/m0/s1. The van der Waals surface area contributed by atoms with Crippen molar-refractivity contribution in [1.82, 2.24) is 24.5 Å². The van der Waals surface area contributed by atoms with Gasteiger partial charge in [0.25, 0.3) is 0 Å². The minimum absolute atomic E-state index is 0.198. The molecule has 0 amide bonds. The SMILES string of the molecule is Cn1cc(-n2ncc3cc(Cl)c([C@@H]4CCN(C5COC5)C[C@@H]4F)cc32)cn1. The largest absolute Gasteiger partial charge is 0.378 e. The summed E-state index contributed by atoms with van der Waals surface area (Å²) in [5.74, 6) is -0.198. The van der Waals surface area contributed by atoms with Gasteiger partial charge in [0.1, 0.15) is 11.9 Å². The molecule has 8 heteroatoms. The van der Waals surface area contributed by atoms with Crippen LogP contribution in [-0.4, -0.2) is 63.0 Å². The molecule has 27 heavy (non-hydrogen) atoms. The fourth-order valence-electron chi connectivity index (χ4n) is 4.11. The van der Waals surface area contributed by atoms with Gasteiger partial charge in [-0.3, -0.25) is 9.58 Å². The summed E-state index contributed by atoms with van der Waals surface area (Å²) >= 11 is 6.54. The molecule has 0 saturated carbocycles. The zero-order valence-electron chi connectivity index (χ0n) is 15.1. The van der Waals surface area contributed by atoms with Crippen LogP contribution in [0.4, 0.5) is 4.39 Å². The number of aryl methyl sites for hydroxylation is 1. The molecule has 2 aliphatic heterocycles. The van der Waals surface area contributed by atoms with E-state index in [0.29, 0.717) is 30.8 Å². The molecule has 0 radical (unpaired) electrons. The molecule has 5 rings (SSSR count). The van der Waals surface area contributed by atoms with Crippen molar-refractivity contribution in [3.63, 3.8) is 0 Å². The Bertz CT molecular complexity index is 982. The van der Waals surface area contributed by atoms with Gasteiger partial charge in [-0.1, -0.05) is 11.6 Å². The number of rotatable bonds is 3. The Hall–Kier alpha value is -1.96. The maximum Gasteiger partial charge on any atom is 0.120 e. The lowest BCUT2D eigenvalue weighted by molar-refractivity contribution is -0.0806. The summed E-state index contributed by atoms with van der Waals surface area (Å²) in [5, 5.41) is 10.2. The molecule has 2 atom stereocenters. The highest BCUT2D eigenvalue weighted by molar-refractivity contribution is 6.32. The van der Waals surface area contributed by atoms with E-state index in [1.807, 2.05) is 30.1 Å². The zero-order valence-corrected chi connectivity index (χ0v) is 15.8. The second-order valence-corrected chi connectivity index (χ2v) is 7.87. The number of likely N-dealkylation sites (tertiary alicyclic amines) is 1. The maximum absolute atomic E-state index is 15.1. The first-order valence-corrected chi connectivity index (χ1v) is 9.60. The fraction of sp³-hybridized carbons (Fsp3) is 0.474. The van der Waals surface area contributed by atoms with Crippen LogP contribution < -0.4 is 0 Å².